The molecule has 1 fully saturated rings. The minimum absolute atomic E-state index is 0.0663. The van der Waals surface area contributed by atoms with Gasteiger partial charge in [0.2, 0.25) is 5.91 Å². The number of carbonyl (C=O) groups is 2. The number of amides is 2. The number of benzene rings is 2. The zero-order valence-electron chi connectivity index (χ0n) is 17.3. The van der Waals surface area contributed by atoms with E-state index in [1.165, 1.54) is 0 Å². The van der Waals surface area contributed by atoms with Crippen LogP contribution in [0.5, 0.6) is 0 Å². The highest BCUT2D eigenvalue weighted by molar-refractivity contribution is 6.31. The Morgan fingerprint density at radius 3 is 2.84 bits per heavy atom. The zero-order valence-corrected chi connectivity index (χ0v) is 18.1. The Kier molecular flexibility index (Phi) is 6.37. The van der Waals surface area contributed by atoms with Crippen molar-refractivity contribution in [1.29, 1.82) is 0 Å². The Hall–Kier alpha value is -3.12. The number of aromatic nitrogens is 1. The summed E-state index contributed by atoms with van der Waals surface area (Å²) in [5.74, 6) is -0.115. The summed E-state index contributed by atoms with van der Waals surface area (Å²) in [7, 11) is 1.75. The molecule has 0 radical (unpaired) electrons. The number of aromatic amines is 1. The van der Waals surface area contributed by atoms with Gasteiger partial charge in [-0.1, -0.05) is 41.9 Å². The van der Waals surface area contributed by atoms with Gasteiger partial charge in [0, 0.05) is 54.6 Å². The first-order valence-corrected chi connectivity index (χ1v) is 10.8. The first kappa shape index (κ1) is 21.1. The van der Waals surface area contributed by atoms with Gasteiger partial charge < -0.3 is 20.2 Å². The van der Waals surface area contributed by atoms with Gasteiger partial charge in [0.25, 0.3) is 5.91 Å². The normalized spacial score (nSPS) is 17.4. The van der Waals surface area contributed by atoms with Crippen molar-refractivity contribution in [3.05, 3.63) is 70.9 Å². The van der Waals surface area contributed by atoms with Gasteiger partial charge in [0.15, 0.2) is 0 Å². The molecule has 0 aliphatic carbocycles. The third kappa shape index (κ3) is 4.97. The summed E-state index contributed by atoms with van der Waals surface area (Å²) in [6, 6.07) is 16.2. The third-order valence-corrected chi connectivity index (χ3v) is 5.84. The van der Waals surface area contributed by atoms with Crippen LogP contribution in [0, 0.1) is 5.92 Å². The van der Waals surface area contributed by atoms with Crippen LogP contribution >= 0.6 is 11.6 Å². The van der Waals surface area contributed by atoms with Crippen molar-refractivity contribution < 1.29 is 9.59 Å². The molecule has 2 unspecified atom stereocenters. The minimum Gasteiger partial charge on any atom is -0.351 e. The SMILES string of the molecule is CN=CC1CCN(C(=O)C(Cc2ccccc2)NC(=O)c2cc3cc(Cl)ccc3[nH]2)C1. The molecular weight excluding hydrogens is 412 g/mol. The van der Waals surface area contributed by atoms with Crippen molar-refractivity contribution in [3.8, 4) is 0 Å². The summed E-state index contributed by atoms with van der Waals surface area (Å²) in [6.45, 7) is 1.30. The van der Waals surface area contributed by atoms with Gasteiger partial charge in [-0.2, -0.15) is 0 Å². The van der Waals surface area contributed by atoms with E-state index in [1.54, 1.807) is 25.2 Å². The molecule has 4 rings (SSSR count). The third-order valence-electron chi connectivity index (χ3n) is 5.61. The van der Waals surface area contributed by atoms with Crippen LogP contribution < -0.4 is 5.32 Å². The Balaban J connectivity index is 1.54. The zero-order chi connectivity index (χ0) is 21.8. The summed E-state index contributed by atoms with van der Waals surface area (Å²) in [6.07, 6.45) is 3.21. The van der Waals surface area contributed by atoms with Crippen LogP contribution in [0.2, 0.25) is 5.02 Å². The topological polar surface area (TPSA) is 77.6 Å². The first-order valence-electron chi connectivity index (χ1n) is 10.4. The quantitative estimate of drug-likeness (QED) is 0.578. The van der Waals surface area contributed by atoms with E-state index in [0.29, 0.717) is 30.2 Å². The summed E-state index contributed by atoms with van der Waals surface area (Å²) >= 11 is 6.06. The van der Waals surface area contributed by atoms with E-state index in [-0.39, 0.29) is 17.7 Å². The van der Waals surface area contributed by atoms with Gasteiger partial charge in [-0.05, 0) is 36.2 Å². The minimum atomic E-state index is -0.651. The second-order valence-electron chi connectivity index (χ2n) is 7.87. The lowest BCUT2D eigenvalue weighted by atomic mass is 10.0. The molecule has 1 aromatic heterocycles. The Morgan fingerprint density at radius 2 is 2.06 bits per heavy atom. The molecule has 2 heterocycles. The first-order chi connectivity index (χ1) is 15.0. The van der Waals surface area contributed by atoms with Crippen molar-refractivity contribution in [2.45, 2.75) is 18.9 Å². The second-order valence-corrected chi connectivity index (χ2v) is 8.31. The summed E-state index contributed by atoms with van der Waals surface area (Å²) in [5, 5.41) is 4.41. The van der Waals surface area contributed by atoms with Crippen molar-refractivity contribution in [1.82, 2.24) is 15.2 Å². The standard InChI is InChI=1S/C24H25ClN4O2/c1-26-14-17-9-10-29(15-17)24(31)22(11-16-5-3-2-4-6-16)28-23(30)21-13-18-12-19(25)7-8-20(18)27-21/h2-8,12-14,17,22,27H,9-11,15H2,1H3,(H,28,30). The molecule has 2 N–H and O–H groups in total. The molecule has 31 heavy (non-hydrogen) atoms. The maximum atomic E-state index is 13.3. The predicted molar refractivity (Wildman–Crippen MR) is 124 cm³/mol. The predicted octanol–water partition coefficient (Wildman–Crippen LogP) is 3.71. The summed E-state index contributed by atoms with van der Waals surface area (Å²) in [4.78, 5) is 35.4. The number of aliphatic imine (C=N–C) groups is 1. The number of fused-ring (bicyclic) bond motifs is 1. The highest BCUT2D eigenvalue weighted by atomic mass is 35.5. The molecule has 1 saturated heterocycles. The smallest absolute Gasteiger partial charge is 0.268 e. The van der Waals surface area contributed by atoms with Crippen LogP contribution in [-0.4, -0.2) is 54.1 Å². The van der Waals surface area contributed by atoms with Crippen LogP contribution in [0.25, 0.3) is 10.9 Å². The molecule has 6 nitrogen and oxygen atoms in total. The number of H-pyrrole nitrogens is 1. The Bertz CT molecular complexity index is 1110. The van der Waals surface area contributed by atoms with Gasteiger partial charge in [0.1, 0.15) is 11.7 Å². The van der Waals surface area contributed by atoms with Crippen LogP contribution in [0.1, 0.15) is 22.5 Å². The molecule has 0 spiro atoms. The molecule has 2 aromatic carbocycles. The van der Waals surface area contributed by atoms with Gasteiger partial charge in [0.05, 0.1) is 0 Å². The molecular formula is C24H25ClN4O2. The Labute approximate surface area is 186 Å². The van der Waals surface area contributed by atoms with E-state index in [2.05, 4.69) is 15.3 Å². The molecule has 1 aliphatic rings. The van der Waals surface area contributed by atoms with Crippen LogP contribution in [0.3, 0.4) is 0 Å². The number of nitrogens with zero attached hydrogens (tertiary/aromatic N) is 2. The van der Waals surface area contributed by atoms with Crippen molar-refractivity contribution in [2.24, 2.45) is 10.9 Å². The largest absolute Gasteiger partial charge is 0.351 e. The number of rotatable bonds is 6. The lowest BCUT2D eigenvalue weighted by molar-refractivity contribution is -0.132. The lowest BCUT2D eigenvalue weighted by Gasteiger charge is -2.24. The number of halogens is 1. The van der Waals surface area contributed by atoms with E-state index >= 15 is 0 Å². The van der Waals surface area contributed by atoms with E-state index in [4.69, 9.17) is 11.6 Å². The van der Waals surface area contributed by atoms with Gasteiger partial charge in [-0.15, -0.1) is 0 Å². The average molecular weight is 437 g/mol. The molecule has 7 heteroatoms. The fourth-order valence-electron chi connectivity index (χ4n) is 4.05. The average Bonchev–Trinajstić information content (AvgIpc) is 3.40. The monoisotopic (exact) mass is 436 g/mol. The van der Waals surface area contributed by atoms with Crippen molar-refractivity contribution >= 4 is 40.5 Å². The molecule has 2 atom stereocenters. The number of nitrogens with one attached hydrogen (secondary N) is 2. The van der Waals surface area contributed by atoms with Crippen molar-refractivity contribution in [2.75, 3.05) is 20.1 Å². The molecule has 160 valence electrons. The molecule has 3 aromatic rings. The fourth-order valence-corrected chi connectivity index (χ4v) is 4.23. The van der Waals surface area contributed by atoms with E-state index in [1.807, 2.05) is 47.5 Å². The van der Waals surface area contributed by atoms with E-state index < -0.39 is 6.04 Å². The highest BCUT2D eigenvalue weighted by Gasteiger charge is 2.31. The molecule has 0 bridgehead atoms. The second kappa shape index (κ2) is 9.35. The van der Waals surface area contributed by atoms with Crippen LogP contribution in [0.15, 0.2) is 59.6 Å². The van der Waals surface area contributed by atoms with Gasteiger partial charge in [-0.25, -0.2) is 0 Å². The fraction of sp³-hybridized carbons (Fsp3) is 0.292. The van der Waals surface area contributed by atoms with E-state index in [9.17, 15) is 9.59 Å². The van der Waals surface area contributed by atoms with E-state index in [0.717, 1.165) is 22.9 Å². The van der Waals surface area contributed by atoms with Crippen LogP contribution in [0.4, 0.5) is 0 Å². The highest BCUT2D eigenvalue weighted by Crippen LogP contribution is 2.21. The van der Waals surface area contributed by atoms with Crippen molar-refractivity contribution in [3.63, 3.8) is 0 Å². The van der Waals surface area contributed by atoms with Gasteiger partial charge in [-0.3, -0.25) is 9.59 Å². The number of carbonyl (C=O) groups excluding carboxylic acids is 2. The number of hydrogen-bond donors (Lipinski definition) is 2. The maximum absolute atomic E-state index is 13.3. The molecule has 1 aliphatic heterocycles. The number of likely N-dealkylation sites (tertiary alicyclic amines) is 1. The van der Waals surface area contributed by atoms with Gasteiger partial charge >= 0.3 is 0 Å². The summed E-state index contributed by atoms with van der Waals surface area (Å²) < 4.78 is 0. The summed E-state index contributed by atoms with van der Waals surface area (Å²) in [5.41, 5.74) is 2.22. The molecule has 2 amide bonds. The van der Waals surface area contributed by atoms with Crippen LogP contribution in [-0.2, 0) is 11.2 Å². The number of hydrogen-bond acceptors (Lipinski definition) is 3. The molecule has 0 saturated carbocycles. The maximum Gasteiger partial charge on any atom is 0.268 e. The Morgan fingerprint density at radius 1 is 1.26 bits per heavy atom. The lowest BCUT2D eigenvalue weighted by Crippen LogP contribution is -2.49.